The molecule has 1 fully saturated rings. The van der Waals surface area contributed by atoms with Gasteiger partial charge in [-0.05, 0) is 63.4 Å². The molecule has 0 aliphatic heterocycles. The van der Waals surface area contributed by atoms with Crippen LogP contribution in [0.2, 0.25) is 0 Å². The third-order valence-corrected chi connectivity index (χ3v) is 4.54. The highest BCUT2D eigenvalue weighted by atomic mass is 15.1. The monoisotopic (exact) mass is 286 g/mol. The van der Waals surface area contributed by atoms with Crippen molar-refractivity contribution in [2.45, 2.75) is 50.6 Å². The number of nitrogens with zero attached hydrogens (tertiary/aromatic N) is 3. The molecule has 1 aliphatic rings. The lowest BCUT2D eigenvalue weighted by molar-refractivity contribution is 0.238. The molecule has 0 aromatic carbocycles. The maximum atomic E-state index is 9.51. The van der Waals surface area contributed by atoms with Crippen LogP contribution in [0.15, 0.2) is 24.5 Å². The van der Waals surface area contributed by atoms with E-state index >= 15 is 0 Å². The Hall–Kier alpha value is -1.44. The zero-order valence-corrected chi connectivity index (χ0v) is 13.2. The molecule has 1 N–H and O–H groups in total. The molecule has 0 bridgehead atoms. The van der Waals surface area contributed by atoms with E-state index in [1.165, 1.54) is 5.56 Å². The highest BCUT2D eigenvalue weighted by Gasteiger charge is 2.40. The average Bonchev–Trinajstić information content (AvgIpc) is 2.97. The van der Waals surface area contributed by atoms with Gasteiger partial charge in [0.05, 0.1) is 6.07 Å². The molecule has 2 atom stereocenters. The van der Waals surface area contributed by atoms with Crippen LogP contribution in [0, 0.1) is 11.3 Å². The smallest absolute Gasteiger partial charge is 0.108 e. The van der Waals surface area contributed by atoms with E-state index in [1.54, 1.807) is 0 Å². The first-order chi connectivity index (χ1) is 10.2. The summed E-state index contributed by atoms with van der Waals surface area (Å²) < 4.78 is 0. The molecule has 21 heavy (non-hydrogen) atoms. The lowest BCUT2D eigenvalue weighted by Gasteiger charge is -2.27. The van der Waals surface area contributed by atoms with Crippen molar-refractivity contribution in [1.82, 2.24) is 15.2 Å². The van der Waals surface area contributed by atoms with E-state index in [1.807, 2.05) is 12.4 Å². The van der Waals surface area contributed by atoms with Crippen LogP contribution >= 0.6 is 0 Å². The summed E-state index contributed by atoms with van der Waals surface area (Å²) in [5.41, 5.74) is 1.02. The normalized spacial score (nSPS) is 25.1. The second-order valence-electron chi connectivity index (χ2n) is 6.10. The largest absolute Gasteiger partial charge is 0.303 e. The number of nitriles is 1. The van der Waals surface area contributed by atoms with Gasteiger partial charge in [-0.1, -0.05) is 6.92 Å². The Morgan fingerprint density at radius 1 is 1.48 bits per heavy atom. The quantitative estimate of drug-likeness (QED) is 0.836. The van der Waals surface area contributed by atoms with Crippen LogP contribution in [-0.4, -0.2) is 41.6 Å². The summed E-state index contributed by atoms with van der Waals surface area (Å²) in [5, 5.41) is 13.0. The van der Waals surface area contributed by atoms with E-state index in [0.717, 1.165) is 45.2 Å². The molecule has 2 rings (SSSR count). The lowest BCUT2D eigenvalue weighted by atomic mass is 9.99. The molecule has 0 amide bonds. The van der Waals surface area contributed by atoms with E-state index in [4.69, 9.17) is 0 Å². The van der Waals surface area contributed by atoms with Gasteiger partial charge in [-0.25, -0.2) is 0 Å². The predicted molar refractivity (Wildman–Crippen MR) is 84.8 cm³/mol. The molecule has 2 unspecified atom stereocenters. The van der Waals surface area contributed by atoms with Crippen molar-refractivity contribution in [2.24, 2.45) is 0 Å². The van der Waals surface area contributed by atoms with Gasteiger partial charge in [0.25, 0.3) is 0 Å². The summed E-state index contributed by atoms with van der Waals surface area (Å²) in [5.74, 6) is 0. The van der Waals surface area contributed by atoms with Gasteiger partial charge in [0.1, 0.15) is 5.54 Å². The SMILES string of the molecule is CCCNC1(C#N)CCC(N(C)CCc2ccncc2)C1. The molecule has 114 valence electrons. The van der Waals surface area contributed by atoms with Crippen molar-refractivity contribution < 1.29 is 0 Å². The Morgan fingerprint density at radius 2 is 2.24 bits per heavy atom. The number of nitrogens with one attached hydrogen (secondary N) is 1. The molecule has 0 spiro atoms. The van der Waals surface area contributed by atoms with Crippen LogP contribution in [0.3, 0.4) is 0 Å². The number of rotatable bonds is 7. The molecule has 1 heterocycles. The van der Waals surface area contributed by atoms with Crippen molar-refractivity contribution in [3.63, 3.8) is 0 Å². The first kappa shape index (κ1) is 15.9. The van der Waals surface area contributed by atoms with Gasteiger partial charge in [0.15, 0.2) is 0 Å². The van der Waals surface area contributed by atoms with Crippen molar-refractivity contribution in [3.8, 4) is 6.07 Å². The number of pyridine rings is 1. The van der Waals surface area contributed by atoms with Crippen LogP contribution in [0.1, 0.15) is 38.2 Å². The van der Waals surface area contributed by atoms with E-state index < -0.39 is 0 Å². The minimum Gasteiger partial charge on any atom is -0.303 e. The third-order valence-electron chi connectivity index (χ3n) is 4.54. The van der Waals surface area contributed by atoms with E-state index in [9.17, 15) is 5.26 Å². The second-order valence-corrected chi connectivity index (χ2v) is 6.10. The van der Waals surface area contributed by atoms with Crippen molar-refractivity contribution in [2.75, 3.05) is 20.1 Å². The van der Waals surface area contributed by atoms with Crippen LogP contribution in [0.25, 0.3) is 0 Å². The topological polar surface area (TPSA) is 52.0 Å². The van der Waals surface area contributed by atoms with Crippen LogP contribution in [-0.2, 0) is 6.42 Å². The Bertz CT molecular complexity index is 467. The zero-order valence-electron chi connectivity index (χ0n) is 13.2. The molecule has 1 aliphatic carbocycles. The summed E-state index contributed by atoms with van der Waals surface area (Å²) in [6, 6.07) is 7.18. The number of hydrogen-bond donors (Lipinski definition) is 1. The highest BCUT2D eigenvalue weighted by Crippen LogP contribution is 2.32. The molecular formula is C17H26N4. The first-order valence-corrected chi connectivity index (χ1v) is 7.94. The highest BCUT2D eigenvalue weighted by molar-refractivity contribution is 5.14. The molecule has 4 heteroatoms. The molecule has 1 saturated carbocycles. The van der Waals surface area contributed by atoms with Crippen molar-refractivity contribution >= 4 is 0 Å². The summed E-state index contributed by atoms with van der Waals surface area (Å²) in [6.07, 6.45) is 8.82. The number of likely N-dealkylation sites (N-methyl/N-ethyl adjacent to an activating group) is 1. The Morgan fingerprint density at radius 3 is 2.90 bits per heavy atom. The first-order valence-electron chi connectivity index (χ1n) is 7.94. The summed E-state index contributed by atoms with van der Waals surface area (Å²) in [4.78, 5) is 6.46. The van der Waals surface area contributed by atoms with Gasteiger partial charge in [0.2, 0.25) is 0 Å². The second kappa shape index (κ2) is 7.53. The third kappa shape index (κ3) is 4.26. The number of aromatic nitrogens is 1. The van der Waals surface area contributed by atoms with Gasteiger partial charge >= 0.3 is 0 Å². The molecular weight excluding hydrogens is 260 g/mol. The Kier molecular flexibility index (Phi) is 5.72. The minimum absolute atomic E-state index is 0.300. The van der Waals surface area contributed by atoms with Crippen molar-refractivity contribution in [3.05, 3.63) is 30.1 Å². The van der Waals surface area contributed by atoms with Crippen LogP contribution in [0.4, 0.5) is 0 Å². The van der Waals surface area contributed by atoms with Gasteiger partial charge in [-0.3, -0.25) is 10.3 Å². The zero-order chi connectivity index (χ0) is 15.1. The maximum absolute atomic E-state index is 9.51. The maximum Gasteiger partial charge on any atom is 0.108 e. The predicted octanol–water partition coefficient (Wildman–Crippen LogP) is 2.37. The summed E-state index contributed by atoms with van der Waals surface area (Å²) in [6.45, 7) is 4.11. The molecule has 1 aromatic rings. The summed E-state index contributed by atoms with van der Waals surface area (Å²) in [7, 11) is 2.18. The van der Waals surface area contributed by atoms with Gasteiger partial charge in [0, 0.05) is 25.0 Å². The van der Waals surface area contributed by atoms with E-state index in [-0.39, 0.29) is 5.54 Å². The molecule has 0 saturated heterocycles. The van der Waals surface area contributed by atoms with Gasteiger partial charge in [-0.15, -0.1) is 0 Å². The lowest BCUT2D eigenvalue weighted by Crippen LogP contribution is -2.44. The molecule has 1 aromatic heterocycles. The van der Waals surface area contributed by atoms with Gasteiger partial charge < -0.3 is 4.90 Å². The fraction of sp³-hybridized carbons (Fsp3) is 0.647. The standard InChI is InChI=1S/C17H26N4/c1-3-9-20-17(14-18)8-4-16(13-17)21(2)12-7-15-5-10-19-11-6-15/h5-6,10-11,16,20H,3-4,7-9,12-13H2,1-2H3. The Labute approximate surface area is 128 Å². The van der Waals surface area contributed by atoms with E-state index in [2.05, 4.69) is 47.4 Å². The average molecular weight is 286 g/mol. The number of hydrogen-bond acceptors (Lipinski definition) is 4. The Balaban J connectivity index is 1.84. The van der Waals surface area contributed by atoms with Gasteiger partial charge in [-0.2, -0.15) is 5.26 Å². The fourth-order valence-corrected chi connectivity index (χ4v) is 3.10. The van der Waals surface area contributed by atoms with Crippen LogP contribution in [0.5, 0.6) is 0 Å². The molecule has 4 nitrogen and oxygen atoms in total. The van der Waals surface area contributed by atoms with Crippen molar-refractivity contribution in [1.29, 1.82) is 5.26 Å². The fourth-order valence-electron chi connectivity index (χ4n) is 3.10. The summed E-state index contributed by atoms with van der Waals surface area (Å²) >= 11 is 0. The van der Waals surface area contributed by atoms with Crippen LogP contribution < -0.4 is 5.32 Å². The van der Waals surface area contributed by atoms with E-state index in [0.29, 0.717) is 6.04 Å². The minimum atomic E-state index is -0.300. The molecule has 0 radical (unpaired) electrons.